The highest BCUT2D eigenvalue weighted by atomic mass is 16.5. The number of nitrogens with zero attached hydrogens (tertiary/aromatic N) is 3. The van der Waals surface area contributed by atoms with Crippen molar-refractivity contribution in [3.05, 3.63) is 18.0 Å². The van der Waals surface area contributed by atoms with Crippen molar-refractivity contribution in [2.75, 3.05) is 20.2 Å². The van der Waals surface area contributed by atoms with Crippen LogP contribution >= 0.6 is 0 Å². The van der Waals surface area contributed by atoms with Gasteiger partial charge in [-0.15, -0.1) is 0 Å². The zero-order valence-corrected chi connectivity index (χ0v) is 12.8. The van der Waals surface area contributed by atoms with Crippen molar-refractivity contribution >= 4 is 5.97 Å². The summed E-state index contributed by atoms with van der Waals surface area (Å²) in [7, 11) is 1.48. The molecule has 116 valence electrons. The van der Waals surface area contributed by atoms with Gasteiger partial charge in [0, 0.05) is 19.3 Å². The first-order valence-corrected chi connectivity index (χ1v) is 8.10. The Morgan fingerprint density at radius 1 is 1.33 bits per heavy atom. The van der Waals surface area contributed by atoms with Crippen LogP contribution in [0.4, 0.5) is 0 Å². The standard InChI is InChI=1S/C16H25N3O2/c1-21-16(20)13-5-4-9-18(11-13)12-14-8-10-19(17-14)15-6-2-3-7-15/h8,10,13,15H,2-7,9,11-12H2,1H3. The summed E-state index contributed by atoms with van der Waals surface area (Å²) in [6, 6.07) is 2.73. The Balaban J connectivity index is 1.57. The number of ether oxygens (including phenoxy) is 1. The summed E-state index contributed by atoms with van der Waals surface area (Å²) in [6.45, 7) is 2.68. The van der Waals surface area contributed by atoms with Crippen molar-refractivity contribution in [2.24, 2.45) is 5.92 Å². The van der Waals surface area contributed by atoms with Gasteiger partial charge in [-0.2, -0.15) is 5.10 Å². The zero-order valence-electron chi connectivity index (χ0n) is 12.8. The zero-order chi connectivity index (χ0) is 14.7. The van der Waals surface area contributed by atoms with Gasteiger partial charge in [0.05, 0.1) is 24.8 Å². The van der Waals surface area contributed by atoms with E-state index < -0.39 is 0 Å². The van der Waals surface area contributed by atoms with E-state index in [1.165, 1.54) is 32.8 Å². The monoisotopic (exact) mass is 291 g/mol. The molecule has 1 atom stereocenters. The normalized spacial score (nSPS) is 24.3. The third-order valence-corrected chi connectivity index (χ3v) is 4.79. The smallest absolute Gasteiger partial charge is 0.309 e. The van der Waals surface area contributed by atoms with Crippen LogP contribution in [0.2, 0.25) is 0 Å². The highest BCUT2D eigenvalue weighted by Gasteiger charge is 2.27. The highest BCUT2D eigenvalue weighted by Crippen LogP contribution is 2.29. The number of likely N-dealkylation sites (tertiary alicyclic amines) is 1. The van der Waals surface area contributed by atoms with Crippen LogP contribution in [0.3, 0.4) is 0 Å². The fourth-order valence-corrected chi connectivity index (χ4v) is 3.62. The molecule has 0 bridgehead atoms. The molecule has 0 N–H and O–H groups in total. The van der Waals surface area contributed by atoms with E-state index in [1.807, 2.05) is 0 Å². The molecule has 3 rings (SSSR count). The lowest BCUT2D eigenvalue weighted by Crippen LogP contribution is -2.38. The molecule has 1 aliphatic carbocycles. The number of aromatic nitrogens is 2. The molecule has 0 aromatic carbocycles. The molecular formula is C16H25N3O2. The van der Waals surface area contributed by atoms with E-state index in [4.69, 9.17) is 9.84 Å². The first-order chi connectivity index (χ1) is 10.3. The van der Waals surface area contributed by atoms with Crippen molar-refractivity contribution in [1.82, 2.24) is 14.7 Å². The van der Waals surface area contributed by atoms with Crippen LogP contribution in [0.5, 0.6) is 0 Å². The van der Waals surface area contributed by atoms with Crippen molar-refractivity contribution in [3.8, 4) is 0 Å². The summed E-state index contributed by atoms with van der Waals surface area (Å²) in [5.74, 6) is -0.0446. The molecule has 2 heterocycles. The number of rotatable bonds is 4. The quantitative estimate of drug-likeness (QED) is 0.799. The van der Waals surface area contributed by atoms with Crippen molar-refractivity contribution < 1.29 is 9.53 Å². The topological polar surface area (TPSA) is 47.4 Å². The summed E-state index contributed by atoms with van der Waals surface area (Å²) in [6.07, 6.45) is 9.29. The molecule has 2 aliphatic rings. The van der Waals surface area contributed by atoms with Gasteiger partial charge >= 0.3 is 5.97 Å². The molecule has 2 fully saturated rings. The Morgan fingerprint density at radius 2 is 2.14 bits per heavy atom. The van der Waals surface area contributed by atoms with E-state index in [-0.39, 0.29) is 11.9 Å². The Hall–Kier alpha value is -1.36. The number of piperidine rings is 1. The summed E-state index contributed by atoms with van der Waals surface area (Å²) < 4.78 is 7.02. The third-order valence-electron chi connectivity index (χ3n) is 4.79. The first kappa shape index (κ1) is 14.6. The summed E-state index contributed by atoms with van der Waals surface area (Å²) in [5.41, 5.74) is 1.12. The second-order valence-electron chi connectivity index (χ2n) is 6.32. The molecule has 1 aliphatic heterocycles. The average Bonchev–Trinajstić information content (AvgIpc) is 3.17. The van der Waals surface area contributed by atoms with Crippen LogP contribution in [0.15, 0.2) is 12.3 Å². The predicted molar refractivity (Wildman–Crippen MR) is 79.7 cm³/mol. The number of carbonyl (C=O) groups excluding carboxylic acids is 1. The van der Waals surface area contributed by atoms with Crippen LogP contribution in [0.1, 0.15) is 50.3 Å². The summed E-state index contributed by atoms with van der Waals surface area (Å²) in [4.78, 5) is 14.0. The van der Waals surface area contributed by atoms with E-state index in [9.17, 15) is 4.79 Å². The van der Waals surface area contributed by atoms with E-state index >= 15 is 0 Å². The molecule has 1 saturated heterocycles. The van der Waals surface area contributed by atoms with Gasteiger partial charge < -0.3 is 4.74 Å². The Morgan fingerprint density at radius 3 is 2.90 bits per heavy atom. The molecule has 1 aromatic heterocycles. The molecule has 0 spiro atoms. The van der Waals surface area contributed by atoms with Gasteiger partial charge in [-0.05, 0) is 38.3 Å². The van der Waals surface area contributed by atoms with Crippen LogP contribution in [0, 0.1) is 5.92 Å². The molecule has 1 aromatic rings. The number of methoxy groups -OCH3 is 1. The predicted octanol–water partition coefficient (Wildman–Crippen LogP) is 2.38. The fraction of sp³-hybridized carbons (Fsp3) is 0.750. The maximum Gasteiger partial charge on any atom is 0.309 e. The van der Waals surface area contributed by atoms with Gasteiger partial charge in [0.1, 0.15) is 0 Å². The van der Waals surface area contributed by atoms with Gasteiger partial charge in [0.25, 0.3) is 0 Å². The Kier molecular flexibility index (Phi) is 4.58. The van der Waals surface area contributed by atoms with Gasteiger partial charge in [0.15, 0.2) is 0 Å². The van der Waals surface area contributed by atoms with Crippen molar-refractivity contribution in [1.29, 1.82) is 0 Å². The maximum absolute atomic E-state index is 11.7. The summed E-state index contributed by atoms with van der Waals surface area (Å²) in [5, 5.41) is 4.74. The minimum atomic E-state index is -0.0730. The SMILES string of the molecule is COC(=O)C1CCCN(Cc2ccn(C3CCCC3)n2)C1. The molecule has 1 unspecified atom stereocenters. The minimum Gasteiger partial charge on any atom is -0.469 e. The van der Waals surface area contributed by atoms with Crippen molar-refractivity contribution in [3.63, 3.8) is 0 Å². The number of esters is 1. The minimum absolute atomic E-state index is 0.0284. The van der Waals surface area contributed by atoms with E-state index in [0.29, 0.717) is 6.04 Å². The molecule has 21 heavy (non-hydrogen) atoms. The second-order valence-corrected chi connectivity index (χ2v) is 6.32. The highest BCUT2D eigenvalue weighted by molar-refractivity contribution is 5.72. The molecular weight excluding hydrogens is 266 g/mol. The number of hydrogen-bond acceptors (Lipinski definition) is 4. The van der Waals surface area contributed by atoms with Gasteiger partial charge in [-0.25, -0.2) is 0 Å². The maximum atomic E-state index is 11.7. The van der Waals surface area contributed by atoms with E-state index in [1.54, 1.807) is 0 Å². The van der Waals surface area contributed by atoms with Gasteiger partial charge in [0.2, 0.25) is 0 Å². The van der Waals surface area contributed by atoms with Crippen LogP contribution in [-0.4, -0.2) is 40.8 Å². The summed E-state index contributed by atoms with van der Waals surface area (Å²) >= 11 is 0. The number of carbonyl (C=O) groups is 1. The molecule has 0 radical (unpaired) electrons. The second kappa shape index (κ2) is 6.60. The first-order valence-electron chi connectivity index (χ1n) is 8.10. The van der Waals surface area contributed by atoms with Crippen LogP contribution in [-0.2, 0) is 16.1 Å². The lowest BCUT2D eigenvalue weighted by atomic mass is 9.98. The van der Waals surface area contributed by atoms with Crippen LogP contribution in [0.25, 0.3) is 0 Å². The van der Waals surface area contributed by atoms with E-state index in [0.717, 1.165) is 38.2 Å². The van der Waals surface area contributed by atoms with E-state index in [2.05, 4.69) is 21.8 Å². The Bertz CT molecular complexity index is 480. The lowest BCUT2D eigenvalue weighted by molar-refractivity contribution is -0.147. The largest absolute Gasteiger partial charge is 0.469 e. The molecule has 5 nitrogen and oxygen atoms in total. The van der Waals surface area contributed by atoms with Gasteiger partial charge in [-0.3, -0.25) is 14.4 Å². The van der Waals surface area contributed by atoms with Gasteiger partial charge in [-0.1, -0.05) is 12.8 Å². The third kappa shape index (κ3) is 3.46. The van der Waals surface area contributed by atoms with Crippen molar-refractivity contribution in [2.45, 2.75) is 51.1 Å². The Labute approximate surface area is 126 Å². The molecule has 0 amide bonds. The molecule has 5 heteroatoms. The fourth-order valence-electron chi connectivity index (χ4n) is 3.62. The average molecular weight is 291 g/mol. The molecule has 1 saturated carbocycles. The lowest BCUT2D eigenvalue weighted by Gasteiger charge is -2.30. The number of hydrogen-bond donors (Lipinski definition) is 0. The van der Waals surface area contributed by atoms with Crippen LogP contribution < -0.4 is 0 Å².